The van der Waals surface area contributed by atoms with E-state index in [1.54, 1.807) is 0 Å². The van der Waals surface area contributed by atoms with Gasteiger partial charge in [0.25, 0.3) is 5.91 Å². The topological polar surface area (TPSA) is 91.8 Å². The van der Waals surface area contributed by atoms with Crippen LogP contribution in [-0.4, -0.2) is 68.9 Å². The number of amides is 1. The fourth-order valence-electron chi connectivity index (χ4n) is 2.58. The molecule has 146 valence electrons. The Balaban J connectivity index is 1.62. The second-order valence-electron chi connectivity index (χ2n) is 6.30. The van der Waals surface area contributed by atoms with Crippen molar-refractivity contribution in [2.24, 2.45) is 0 Å². The number of aromatic nitrogens is 1. The number of carbonyl (C=O) groups excluding carboxylic acids is 1. The Bertz CT molecular complexity index is 888. The minimum atomic E-state index is -3.51. The summed E-state index contributed by atoms with van der Waals surface area (Å²) in [5.41, 5.74) is 1.28. The Kier molecular flexibility index (Phi) is 6.22. The van der Waals surface area contributed by atoms with Gasteiger partial charge in [-0.1, -0.05) is 0 Å². The lowest BCUT2D eigenvalue weighted by atomic mass is 10.2. The highest BCUT2D eigenvalue weighted by Crippen LogP contribution is 2.19. The smallest absolute Gasteiger partial charge is 0.257 e. The molecule has 3 rings (SSSR count). The SMILES string of the molecule is CN(C)S(=O)(=O)c1ccc(C(=O)Nc2nc(CN3CCOCC3)cs2)cc1. The van der Waals surface area contributed by atoms with Crippen LogP contribution in [0.4, 0.5) is 5.13 Å². The summed E-state index contributed by atoms with van der Waals surface area (Å²) in [4.78, 5) is 19.2. The maximum atomic E-state index is 12.4. The van der Waals surface area contributed by atoms with Gasteiger partial charge in [0.2, 0.25) is 10.0 Å². The fourth-order valence-corrected chi connectivity index (χ4v) is 4.18. The summed E-state index contributed by atoms with van der Waals surface area (Å²) in [5.74, 6) is -0.323. The standard InChI is InChI=1S/C17H22N4O4S2/c1-20(2)27(23,24)15-5-3-13(4-6-15)16(22)19-17-18-14(12-26-17)11-21-7-9-25-10-8-21/h3-6,12H,7-11H2,1-2H3,(H,18,19,22). The lowest BCUT2D eigenvalue weighted by Gasteiger charge is -2.25. The average Bonchev–Trinajstić information content (AvgIpc) is 3.09. The van der Waals surface area contributed by atoms with E-state index in [9.17, 15) is 13.2 Å². The molecule has 8 nitrogen and oxygen atoms in total. The highest BCUT2D eigenvalue weighted by Gasteiger charge is 2.18. The molecule has 1 aliphatic rings. The van der Waals surface area contributed by atoms with Crippen LogP contribution in [0.2, 0.25) is 0 Å². The van der Waals surface area contributed by atoms with Gasteiger partial charge in [0.05, 0.1) is 23.8 Å². The number of anilines is 1. The zero-order valence-electron chi connectivity index (χ0n) is 15.2. The second-order valence-corrected chi connectivity index (χ2v) is 9.31. The van der Waals surface area contributed by atoms with Crippen LogP contribution in [0.3, 0.4) is 0 Å². The van der Waals surface area contributed by atoms with Crippen molar-refractivity contribution in [3.63, 3.8) is 0 Å². The normalized spacial score (nSPS) is 15.8. The predicted molar refractivity (Wildman–Crippen MR) is 103 cm³/mol. The summed E-state index contributed by atoms with van der Waals surface area (Å²) < 4.78 is 30.6. The van der Waals surface area contributed by atoms with E-state index < -0.39 is 10.0 Å². The number of ether oxygens (including phenoxy) is 1. The number of nitrogens with zero attached hydrogens (tertiary/aromatic N) is 3. The highest BCUT2D eigenvalue weighted by molar-refractivity contribution is 7.89. The lowest BCUT2D eigenvalue weighted by molar-refractivity contribution is 0.0337. The van der Waals surface area contributed by atoms with Crippen LogP contribution in [0.1, 0.15) is 16.1 Å². The molecule has 0 saturated carbocycles. The van der Waals surface area contributed by atoms with Crippen molar-refractivity contribution in [2.45, 2.75) is 11.4 Å². The summed E-state index contributed by atoms with van der Waals surface area (Å²) in [6, 6.07) is 5.84. The summed E-state index contributed by atoms with van der Waals surface area (Å²) in [7, 11) is -0.581. The number of hydrogen-bond acceptors (Lipinski definition) is 7. The van der Waals surface area contributed by atoms with Gasteiger partial charge in [-0.05, 0) is 24.3 Å². The number of benzene rings is 1. The van der Waals surface area contributed by atoms with E-state index >= 15 is 0 Å². The summed E-state index contributed by atoms with van der Waals surface area (Å²) in [6.45, 7) is 3.94. The number of nitrogens with one attached hydrogen (secondary N) is 1. The molecule has 0 radical (unpaired) electrons. The number of rotatable bonds is 6. The Morgan fingerprint density at radius 3 is 2.56 bits per heavy atom. The van der Waals surface area contributed by atoms with Crippen molar-refractivity contribution in [2.75, 3.05) is 45.7 Å². The number of thiazole rings is 1. The van der Waals surface area contributed by atoms with Crippen molar-refractivity contribution in [1.29, 1.82) is 0 Å². The van der Waals surface area contributed by atoms with Gasteiger partial charge in [0.15, 0.2) is 5.13 Å². The monoisotopic (exact) mass is 410 g/mol. The number of sulfonamides is 1. The summed E-state index contributed by atoms with van der Waals surface area (Å²) in [5, 5.41) is 5.21. The van der Waals surface area contributed by atoms with Crippen molar-refractivity contribution in [3.05, 3.63) is 40.9 Å². The van der Waals surface area contributed by atoms with Gasteiger partial charge in [0, 0.05) is 44.7 Å². The van der Waals surface area contributed by atoms with Gasteiger partial charge < -0.3 is 4.74 Å². The first-order valence-electron chi connectivity index (χ1n) is 8.45. The van der Waals surface area contributed by atoms with Gasteiger partial charge >= 0.3 is 0 Å². The third-order valence-corrected chi connectivity index (χ3v) is 6.79. The molecule has 0 atom stereocenters. The van der Waals surface area contributed by atoms with Gasteiger partial charge in [0.1, 0.15) is 0 Å². The minimum Gasteiger partial charge on any atom is -0.379 e. The van der Waals surface area contributed by atoms with Crippen LogP contribution in [0.15, 0.2) is 34.5 Å². The summed E-state index contributed by atoms with van der Waals surface area (Å²) >= 11 is 1.37. The molecule has 1 N–H and O–H groups in total. The Labute approximate surface area is 162 Å². The molecule has 10 heteroatoms. The molecule has 0 spiro atoms. The van der Waals surface area contributed by atoms with Crippen molar-refractivity contribution < 1.29 is 17.9 Å². The third kappa shape index (κ3) is 4.90. The Morgan fingerprint density at radius 2 is 1.93 bits per heavy atom. The van der Waals surface area contributed by atoms with Crippen molar-refractivity contribution in [1.82, 2.24) is 14.2 Å². The largest absolute Gasteiger partial charge is 0.379 e. The van der Waals surface area contributed by atoms with Crippen LogP contribution >= 0.6 is 11.3 Å². The zero-order chi connectivity index (χ0) is 19.4. The molecule has 27 heavy (non-hydrogen) atoms. The number of carbonyl (C=O) groups is 1. The molecule has 2 heterocycles. The Hall–Kier alpha value is -1.85. The van der Waals surface area contributed by atoms with Gasteiger partial charge in [-0.2, -0.15) is 0 Å². The second kappa shape index (κ2) is 8.44. The maximum absolute atomic E-state index is 12.4. The molecule has 1 amide bonds. The van der Waals surface area contributed by atoms with Crippen LogP contribution in [0, 0.1) is 0 Å². The van der Waals surface area contributed by atoms with E-state index in [1.165, 1.54) is 49.7 Å². The molecule has 1 saturated heterocycles. The number of morpholine rings is 1. The first-order valence-corrected chi connectivity index (χ1v) is 10.8. The quantitative estimate of drug-likeness (QED) is 0.776. The van der Waals surface area contributed by atoms with E-state index in [2.05, 4.69) is 15.2 Å². The summed E-state index contributed by atoms with van der Waals surface area (Å²) in [6.07, 6.45) is 0. The van der Waals surface area contributed by atoms with E-state index in [0.717, 1.165) is 42.8 Å². The molecule has 0 unspecified atom stereocenters. The Morgan fingerprint density at radius 1 is 1.26 bits per heavy atom. The fraction of sp³-hybridized carbons (Fsp3) is 0.412. The number of hydrogen-bond donors (Lipinski definition) is 1. The minimum absolute atomic E-state index is 0.145. The predicted octanol–water partition coefficient (Wildman–Crippen LogP) is 1.48. The van der Waals surface area contributed by atoms with E-state index in [0.29, 0.717) is 10.7 Å². The van der Waals surface area contributed by atoms with Crippen LogP contribution in [-0.2, 0) is 21.3 Å². The molecular weight excluding hydrogens is 388 g/mol. The van der Waals surface area contributed by atoms with Crippen molar-refractivity contribution in [3.8, 4) is 0 Å². The van der Waals surface area contributed by atoms with Crippen LogP contribution < -0.4 is 5.32 Å². The van der Waals surface area contributed by atoms with Crippen LogP contribution in [0.5, 0.6) is 0 Å². The first kappa shape index (κ1) is 19.9. The third-order valence-electron chi connectivity index (χ3n) is 4.16. The zero-order valence-corrected chi connectivity index (χ0v) is 16.8. The van der Waals surface area contributed by atoms with E-state index in [-0.39, 0.29) is 10.8 Å². The molecule has 1 aromatic heterocycles. The molecule has 1 aromatic carbocycles. The molecule has 2 aromatic rings. The van der Waals surface area contributed by atoms with E-state index in [1.807, 2.05) is 5.38 Å². The molecule has 1 aliphatic heterocycles. The van der Waals surface area contributed by atoms with Gasteiger partial charge in [-0.3, -0.25) is 15.0 Å². The molecule has 0 bridgehead atoms. The van der Waals surface area contributed by atoms with Crippen molar-refractivity contribution >= 4 is 32.4 Å². The first-order chi connectivity index (χ1) is 12.9. The van der Waals surface area contributed by atoms with Gasteiger partial charge in [-0.25, -0.2) is 17.7 Å². The molecule has 1 fully saturated rings. The maximum Gasteiger partial charge on any atom is 0.257 e. The average molecular weight is 411 g/mol. The van der Waals surface area contributed by atoms with Gasteiger partial charge in [-0.15, -0.1) is 11.3 Å². The lowest BCUT2D eigenvalue weighted by Crippen LogP contribution is -2.35. The van der Waals surface area contributed by atoms with E-state index in [4.69, 9.17) is 4.74 Å². The molecular formula is C17H22N4O4S2. The highest BCUT2D eigenvalue weighted by atomic mass is 32.2. The van der Waals surface area contributed by atoms with Crippen LogP contribution in [0.25, 0.3) is 0 Å². The molecule has 0 aliphatic carbocycles.